The van der Waals surface area contributed by atoms with E-state index in [0.717, 1.165) is 12.8 Å². The third-order valence-corrected chi connectivity index (χ3v) is 3.32. The minimum atomic E-state index is -0.193. The molecule has 0 aromatic carbocycles. The van der Waals surface area contributed by atoms with E-state index < -0.39 is 0 Å². The zero-order chi connectivity index (χ0) is 14.9. The minimum Gasteiger partial charge on any atom is -0.397 e. The van der Waals surface area contributed by atoms with Crippen molar-refractivity contribution in [3.63, 3.8) is 0 Å². The number of hydrogen-bond acceptors (Lipinski definition) is 3. The number of hydrogen-bond donors (Lipinski definition) is 2. The summed E-state index contributed by atoms with van der Waals surface area (Å²) in [5, 5.41) is 2.87. The van der Waals surface area contributed by atoms with E-state index in [2.05, 4.69) is 5.32 Å². The molecule has 6 nitrogen and oxygen atoms in total. The Hall–Kier alpha value is -1.98. The van der Waals surface area contributed by atoms with Gasteiger partial charge in [0.1, 0.15) is 5.69 Å². The standard InChI is InChI=1S/C14H22N4O2/c1-9(2)18-7-10(15)6-12(18)14(20)17(3)8-13(19)16-11-4-5-11/h6-7,9,11H,4-5,8,15H2,1-3H3,(H,16,19). The molecule has 2 amide bonds. The van der Waals surface area contributed by atoms with Crippen LogP contribution in [0.4, 0.5) is 5.69 Å². The van der Waals surface area contributed by atoms with Crippen LogP contribution >= 0.6 is 0 Å². The molecule has 1 saturated carbocycles. The Morgan fingerprint density at radius 3 is 2.70 bits per heavy atom. The van der Waals surface area contributed by atoms with Gasteiger partial charge in [-0.25, -0.2) is 0 Å². The Kier molecular flexibility index (Phi) is 4.01. The van der Waals surface area contributed by atoms with Gasteiger partial charge in [-0.15, -0.1) is 0 Å². The molecule has 6 heteroatoms. The molecule has 0 unspecified atom stereocenters. The number of carbonyl (C=O) groups is 2. The van der Waals surface area contributed by atoms with Crippen LogP contribution in [-0.4, -0.2) is 40.9 Å². The van der Waals surface area contributed by atoms with Gasteiger partial charge >= 0.3 is 0 Å². The fraction of sp³-hybridized carbons (Fsp3) is 0.571. The van der Waals surface area contributed by atoms with Crippen LogP contribution in [0.1, 0.15) is 43.2 Å². The van der Waals surface area contributed by atoms with E-state index in [9.17, 15) is 9.59 Å². The number of likely N-dealkylation sites (N-methyl/N-ethyl adjacent to an activating group) is 1. The summed E-state index contributed by atoms with van der Waals surface area (Å²) in [4.78, 5) is 25.5. The van der Waals surface area contributed by atoms with E-state index in [1.165, 1.54) is 4.90 Å². The van der Waals surface area contributed by atoms with Crippen molar-refractivity contribution >= 4 is 17.5 Å². The number of amides is 2. The lowest BCUT2D eigenvalue weighted by Crippen LogP contribution is -2.39. The third kappa shape index (κ3) is 3.31. The van der Waals surface area contributed by atoms with Gasteiger partial charge in [-0.1, -0.05) is 0 Å². The molecule has 2 rings (SSSR count). The molecule has 1 aliphatic carbocycles. The average molecular weight is 278 g/mol. The highest BCUT2D eigenvalue weighted by atomic mass is 16.2. The number of nitrogens with two attached hydrogens (primary N) is 1. The van der Waals surface area contributed by atoms with E-state index in [0.29, 0.717) is 17.4 Å². The van der Waals surface area contributed by atoms with Crippen LogP contribution in [0.2, 0.25) is 0 Å². The smallest absolute Gasteiger partial charge is 0.270 e. The number of carbonyl (C=O) groups excluding carboxylic acids is 2. The predicted molar refractivity (Wildman–Crippen MR) is 77.4 cm³/mol. The molecule has 0 spiro atoms. The second-order valence-corrected chi connectivity index (χ2v) is 5.66. The van der Waals surface area contributed by atoms with Gasteiger partial charge in [0.25, 0.3) is 5.91 Å². The van der Waals surface area contributed by atoms with E-state index in [1.54, 1.807) is 19.3 Å². The van der Waals surface area contributed by atoms with Gasteiger partial charge in [-0.2, -0.15) is 0 Å². The molecule has 1 heterocycles. The third-order valence-electron chi connectivity index (χ3n) is 3.32. The van der Waals surface area contributed by atoms with Crippen LogP contribution in [0.15, 0.2) is 12.3 Å². The second kappa shape index (κ2) is 5.56. The molecule has 1 aromatic heterocycles. The monoisotopic (exact) mass is 278 g/mol. The highest BCUT2D eigenvalue weighted by Crippen LogP contribution is 2.19. The Morgan fingerprint density at radius 1 is 1.50 bits per heavy atom. The summed E-state index contributed by atoms with van der Waals surface area (Å²) in [6.07, 6.45) is 3.82. The van der Waals surface area contributed by atoms with E-state index in [-0.39, 0.29) is 24.4 Å². The molecule has 1 aliphatic rings. The molecule has 1 aromatic rings. The van der Waals surface area contributed by atoms with Gasteiger partial charge in [0.05, 0.1) is 12.2 Å². The fourth-order valence-electron chi connectivity index (χ4n) is 2.08. The highest BCUT2D eigenvalue weighted by molar-refractivity contribution is 5.96. The van der Waals surface area contributed by atoms with Crippen molar-refractivity contribution in [1.29, 1.82) is 0 Å². The van der Waals surface area contributed by atoms with Crippen LogP contribution in [-0.2, 0) is 4.79 Å². The number of aromatic nitrogens is 1. The molecule has 0 aliphatic heterocycles. The van der Waals surface area contributed by atoms with Gasteiger partial charge in [0.15, 0.2) is 0 Å². The van der Waals surface area contributed by atoms with Crippen LogP contribution < -0.4 is 11.1 Å². The van der Waals surface area contributed by atoms with Crippen molar-refractivity contribution in [3.8, 4) is 0 Å². The maximum Gasteiger partial charge on any atom is 0.270 e. The van der Waals surface area contributed by atoms with Gasteiger partial charge in [-0.05, 0) is 32.8 Å². The van der Waals surface area contributed by atoms with Crippen LogP contribution in [0.5, 0.6) is 0 Å². The molecule has 3 N–H and O–H groups in total. The SMILES string of the molecule is CC(C)n1cc(N)cc1C(=O)N(C)CC(=O)NC1CC1. The van der Waals surface area contributed by atoms with Crippen molar-refractivity contribution in [3.05, 3.63) is 18.0 Å². The normalized spacial score (nSPS) is 14.4. The molecule has 20 heavy (non-hydrogen) atoms. The first kappa shape index (κ1) is 14.4. The molecular weight excluding hydrogens is 256 g/mol. The topological polar surface area (TPSA) is 80.4 Å². The zero-order valence-corrected chi connectivity index (χ0v) is 12.2. The van der Waals surface area contributed by atoms with Crippen LogP contribution in [0.3, 0.4) is 0 Å². The number of nitrogens with zero attached hydrogens (tertiary/aromatic N) is 2. The first-order valence-corrected chi connectivity index (χ1v) is 6.90. The molecule has 0 radical (unpaired) electrons. The minimum absolute atomic E-state index is 0.0680. The molecule has 110 valence electrons. The summed E-state index contributed by atoms with van der Waals surface area (Å²) in [5.41, 5.74) is 6.83. The largest absolute Gasteiger partial charge is 0.397 e. The first-order chi connectivity index (χ1) is 9.38. The van der Waals surface area contributed by atoms with Crippen molar-refractivity contribution in [2.75, 3.05) is 19.3 Å². The summed E-state index contributed by atoms with van der Waals surface area (Å²) in [7, 11) is 1.63. The quantitative estimate of drug-likeness (QED) is 0.843. The Bertz CT molecular complexity index is 517. The summed E-state index contributed by atoms with van der Waals surface area (Å²) in [6.45, 7) is 4.03. The van der Waals surface area contributed by atoms with Crippen molar-refractivity contribution in [2.45, 2.75) is 38.8 Å². The lowest BCUT2D eigenvalue weighted by Gasteiger charge is -2.19. The molecule has 0 atom stereocenters. The van der Waals surface area contributed by atoms with Gasteiger partial charge < -0.3 is 20.5 Å². The Labute approximate surface area is 118 Å². The Balaban J connectivity index is 2.03. The lowest BCUT2D eigenvalue weighted by molar-refractivity contribution is -0.121. The maximum atomic E-state index is 12.4. The first-order valence-electron chi connectivity index (χ1n) is 6.90. The van der Waals surface area contributed by atoms with Gasteiger partial charge in [-0.3, -0.25) is 9.59 Å². The Morgan fingerprint density at radius 2 is 2.15 bits per heavy atom. The van der Waals surface area contributed by atoms with E-state index >= 15 is 0 Å². The number of nitrogens with one attached hydrogen (secondary N) is 1. The van der Waals surface area contributed by atoms with Crippen molar-refractivity contribution < 1.29 is 9.59 Å². The zero-order valence-electron chi connectivity index (χ0n) is 12.2. The van der Waals surface area contributed by atoms with Crippen LogP contribution in [0.25, 0.3) is 0 Å². The molecule has 0 saturated heterocycles. The maximum absolute atomic E-state index is 12.4. The molecule has 0 bridgehead atoms. The van der Waals surface area contributed by atoms with Crippen molar-refractivity contribution in [1.82, 2.24) is 14.8 Å². The summed E-state index contributed by atoms with van der Waals surface area (Å²) in [5.74, 6) is -0.305. The average Bonchev–Trinajstić information content (AvgIpc) is 3.07. The second-order valence-electron chi connectivity index (χ2n) is 5.66. The molecule has 1 fully saturated rings. The van der Waals surface area contributed by atoms with E-state index in [1.807, 2.05) is 18.4 Å². The highest BCUT2D eigenvalue weighted by Gasteiger charge is 2.25. The fourth-order valence-corrected chi connectivity index (χ4v) is 2.08. The van der Waals surface area contributed by atoms with Gasteiger partial charge in [0.2, 0.25) is 5.91 Å². The van der Waals surface area contributed by atoms with Crippen LogP contribution in [0, 0.1) is 0 Å². The van der Waals surface area contributed by atoms with Crippen molar-refractivity contribution in [2.24, 2.45) is 0 Å². The van der Waals surface area contributed by atoms with Gasteiger partial charge in [0, 0.05) is 25.3 Å². The number of rotatable bonds is 5. The van der Waals surface area contributed by atoms with E-state index in [4.69, 9.17) is 5.73 Å². The number of nitrogen functional groups attached to an aromatic ring is 1. The number of anilines is 1. The summed E-state index contributed by atoms with van der Waals surface area (Å²) < 4.78 is 1.83. The summed E-state index contributed by atoms with van der Waals surface area (Å²) in [6, 6.07) is 2.10. The lowest BCUT2D eigenvalue weighted by atomic mass is 10.3. The summed E-state index contributed by atoms with van der Waals surface area (Å²) >= 11 is 0. The molecular formula is C14H22N4O2. The predicted octanol–water partition coefficient (Wildman–Crippen LogP) is 1.00.